The van der Waals surface area contributed by atoms with Crippen molar-refractivity contribution in [3.8, 4) is 0 Å². The summed E-state index contributed by atoms with van der Waals surface area (Å²) in [4.78, 5) is 12.2. The molecule has 0 atom stereocenters. The summed E-state index contributed by atoms with van der Waals surface area (Å²) >= 11 is 6.70. The Balaban J connectivity index is 2.28. The van der Waals surface area contributed by atoms with Crippen molar-refractivity contribution >= 4 is 37.6 Å². The van der Waals surface area contributed by atoms with E-state index in [9.17, 15) is 9.18 Å². The molecule has 0 heterocycles. The Morgan fingerprint density at radius 2 is 1.74 bits per heavy atom. The molecule has 0 saturated carbocycles. The number of carbonyl (C=O) groups is 1. The van der Waals surface area contributed by atoms with Gasteiger partial charge in [-0.15, -0.1) is 0 Å². The number of hydrogen-bond donors (Lipinski definition) is 0. The van der Waals surface area contributed by atoms with Gasteiger partial charge in [-0.3, -0.25) is 4.79 Å². The first-order valence-corrected chi connectivity index (χ1v) is 7.28. The lowest BCUT2D eigenvalue weighted by molar-refractivity contribution is 0.0992. The lowest BCUT2D eigenvalue weighted by atomic mass is 9.99. The SMILES string of the molecule is Cc1ccc(F)cc1CC(=O)c1cc(Br)cc(Br)c1. The van der Waals surface area contributed by atoms with Crippen molar-refractivity contribution in [2.75, 3.05) is 0 Å². The predicted molar refractivity (Wildman–Crippen MR) is 81.0 cm³/mol. The molecule has 4 heteroatoms. The fourth-order valence-corrected chi connectivity index (χ4v) is 3.11. The highest BCUT2D eigenvalue weighted by atomic mass is 79.9. The Labute approximate surface area is 128 Å². The molecule has 0 unspecified atom stereocenters. The number of ketones is 1. The van der Waals surface area contributed by atoms with Crippen LogP contribution in [0, 0.1) is 12.7 Å². The maximum absolute atomic E-state index is 13.2. The molecule has 0 fully saturated rings. The molecule has 0 N–H and O–H groups in total. The molecule has 0 aliphatic rings. The van der Waals surface area contributed by atoms with Crippen LogP contribution in [0.1, 0.15) is 21.5 Å². The van der Waals surface area contributed by atoms with Crippen LogP contribution in [0.25, 0.3) is 0 Å². The minimum atomic E-state index is -0.316. The van der Waals surface area contributed by atoms with Crippen molar-refractivity contribution < 1.29 is 9.18 Å². The van der Waals surface area contributed by atoms with Crippen molar-refractivity contribution in [3.63, 3.8) is 0 Å². The van der Waals surface area contributed by atoms with Crippen molar-refractivity contribution in [1.82, 2.24) is 0 Å². The molecule has 0 aliphatic carbocycles. The maximum Gasteiger partial charge on any atom is 0.167 e. The molecular weight excluding hydrogens is 375 g/mol. The van der Waals surface area contributed by atoms with Crippen LogP contribution >= 0.6 is 31.9 Å². The highest BCUT2D eigenvalue weighted by Crippen LogP contribution is 2.22. The van der Waals surface area contributed by atoms with Crippen LogP contribution in [0.4, 0.5) is 4.39 Å². The zero-order valence-electron chi connectivity index (χ0n) is 10.2. The monoisotopic (exact) mass is 384 g/mol. The zero-order valence-corrected chi connectivity index (χ0v) is 13.4. The molecule has 19 heavy (non-hydrogen) atoms. The van der Waals surface area contributed by atoms with E-state index in [0.29, 0.717) is 5.56 Å². The summed E-state index contributed by atoms with van der Waals surface area (Å²) in [7, 11) is 0. The second-order valence-corrected chi connectivity index (χ2v) is 6.16. The minimum absolute atomic E-state index is 0.0318. The molecule has 98 valence electrons. The highest BCUT2D eigenvalue weighted by Gasteiger charge is 2.11. The molecule has 2 aromatic carbocycles. The van der Waals surface area contributed by atoms with Gasteiger partial charge in [0.25, 0.3) is 0 Å². The zero-order chi connectivity index (χ0) is 14.0. The van der Waals surface area contributed by atoms with Gasteiger partial charge in [-0.05, 0) is 48.4 Å². The van der Waals surface area contributed by atoms with E-state index in [1.807, 2.05) is 13.0 Å². The first-order chi connectivity index (χ1) is 8.95. The number of aryl methyl sites for hydroxylation is 1. The second-order valence-electron chi connectivity index (χ2n) is 4.33. The normalized spacial score (nSPS) is 10.5. The van der Waals surface area contributed by atoms with Gasteiger partial charge in [-0.2, -0.15) is 0 Å². The molecule has 0 saturated heterocycles. The lowest BCUT2D eigenvalue weighted by Crippen LogP contribution is -2.05. The molecule has 0 spiro atoms. The third-order valence-corrected chi connectivity index (χ3v) is 3.76. The Bertz CT molecular complexity index is 618. The van der Waals surface area contributed by atoms with Crippen LogP contribution in [0.2, 0.25) is 0 Å². The quantitative estimate of drug-likeness (QED) is 0.673. The molecule has 0 radical (unpaired) electrons. The van der Waals surface area contributed by atoms with Gasteiger partial charge in [-0.1, -0.05) is 37.9 Å². The van der Waals surface area contributed by atoms with E-state index in [0.717, 1.165) is 20.1 Å². The number of hydrogen-bond acceptors (Lipinski definition) is 1. The van der Waals surface area contributed by atoms with Gasteiger partial charge in [0.05, 0.1) is 0 Å². The van der Waals surface area contributed by atoms with E-state index < -0.39 is 0 Å². The summed E-state index contributed by atoms with van der Waals surface area (Å²) in [5.41, 5.74) is 2.25. The van der Waals surface area contributed by atoms with E-state index in [2.05, 4.69) is 31.9 Å². The first kappa shape index (κ1) is 14.4. The van der Waals surface area contributed by atoms with E-state index in [-0.39, 0.29) is 18.0 Å². The van der Waals surface area contributed by atoms with Crippen LogP contribution < -0.4 is 0 Å². The topological polar surface area (TPSA) is 17.1 Å². The fraction of sp³-hybridized carbons (Fsp3) is 0.133. The summed E-state index contributed by atoms with van der Waals surface area (Å²) in [6, 6.07) is 9.90. The Morgan fingerprint density at radius 3 is 2.37 bits per heavy atom. The van der Waals surface area contributed by atoms with Gasteiger partial charge in [0, 0.05) is 20.9 Å². The van der Waals surface area contributed by atoms with Crippen LogP contribution in [-0.2, 0) is 6.42 Å². The van der Waals surface area contributed by atoms with Gasteiger partial charge >= 0.3 is 0 Å². The van der Waals surface area contributed by atoms with E-state index in [1.54, 1.807) is 18.2 Å². The third-order valence-electron chi connectivity index (χ3n) is 2.85. The third kappa shape index (κ3) is 3.74. The molecule has 0 amide bonds. The molecule has 0 aromatic heterocycles. The summed E-state index contributed by atoms with van der Waals surface area (Å²) in [5, 5.41) is 0. The van der Waals surface area contributed by atoms with E-state index in [1.165, 1.54) is 12.1 Å². The molecule has 1 nitrogen and oxygen atoms in total. The summed E-state index contributed by atoms with van der Waals surface area (Å²) in [6.07, 6.45) is 0.201. The largest absolute Gasteiger partial charge is 0.294 e. The average Bonchev–Trinajstić information content (AvgIpc) is 2.32. The molecule has 2 aromatic rings. The van der Waals surface area contributed by atoms with Crippen LogP contribution in [0.15, 0.2) is 45.3 Å². The fourth-order valence-electron chi connectivity index (χ4n) is 1.82. The number of halogens is 3. The van der Waals surface area contributed by atoms with Gasteiger partial charge in [0.2, 0.25) is 0 Å². The minimum Gasteiger partial charge on any atom is -0.294 e. The molecule has 0 aliphatic heterocycles. The van der Waals surface area contributed by atoms with Gasteiger partial charge in [0.1, 0.15) is 5.82 Å². The van der Waals surface area contributed by atoms with Crippen molar-refractivity contribution in [3.05, 3.63) is 67.9 Å². The Morgan fingerprint density at radius 1 is 1.11 bits per heavy atom. The summed E-state index contributed by atoms with van der Waals surface area (Å²) in [5.74, 6) is -0.348. The van der Waals surface area contributed by atoms with Crippen molar-refractivity contribution in [2.24, 2.45) is 0 Å². The van der Waals surface area contributed by atoms with Crippen LogP contribution in [0.3, 0.4) is 0 Å². The van der Waals surface area contributed by atoms with E-state index in [4.69, 9.17) is 0 Å². The van der Waals surface area contributed by atoms with Gasteiger partial charge < -0.3 is 0 Å². The maximum atomic E-state index is 13.2. The lowest BCUT2D eigenvalue weighted by Gasteiger charge is -2.06. The van der Waals surface area contributed by atoms with E-state index >= 15 is 0 Å². The van der Waals surface area contributed by atoms with Gasteiger partial charge in [-0.25, -0.2) is 4.39 Å². The van der Waals surface area contributed by atoms with Crippen LogP contribution in [0.5, 0.6) is 0 Å². The second kappa shape index (κ2) is 5.97. The standard InChI is InChI=1S/C15H11Br2FO/c1-9-2-3-14(18)6-10(9)7-15(19)11-4-12(16)8-13(17)5-11/h2-6,8H,7H2,1H3. The van der Waals surface area contributed by atoms with Gasteiger partial charge in [0.15, 0.2) is 5.78 Å². The first-order valence-electron chi connectivity index (χ1n) is 5.70. The Kier molecular flexibility index (Phi) is 4.53. The summed E-state index contributed by atoms with van der Waals surface area (Å²) < 4.78 is 14.9. The van der Waals surface area contributed by atoms with Crippen molar-refractivity contribution in [1.29, 1.82) is 0 Å². The molecule has 2 rings (SSSR count). The summed E-state index contributed by atoms with van der Waals surface area (Å²) in [6.45, 7) is 1.87. The average molecular weight is 386 g/mol. The Hall–Kier alpha value is -1.000. The number of rotatable bonds is 3. The molecular formula is C15H11Br2FO. The predicted octanol–water partition coefficient (Wildman–Crippen LogP) is 5.08. The number of carbonyl (C=O) groups excluding carboxylic acids is 1. The number of Topliss-reactive ketones (excluding diaryl/α,β-unsaturated/α-hetero) is 1. The van der Waals surface area contributed by atoms with Crippen LogP contribution in [-0.4, -0.2) is 5.78 Å². The highest BCUT2D eigenvalue weighted by molar-refractivity contribution is 9.11. The molecule has 0 bridgehead atoms. The van der Waals surface area contributed by atoms with Crippen molar-refractivity contribution in [2.45, 2.75) is 13.3 Å². The number of benzene rings is 2. The smallest absolute Gasteiger partial charge is 0.167 e.